The molecule has 0 N–H and O–H groups in total. The molecule has 2 nitrogen and oxygen atoms in total. The Balaban J connectivity index is 2.68. The molecule has 72 valence electrons. The van der Waals surface area contributed by atoms with Crippen molar-refractivity contribution in [3.8, 4) is 18.1 Å². The van der Waals surface area contributed by atoms with Crippen molar-refractivity contribution >= 4 is 5.78 Å². The van der Waals surface area contributed by atoms with Crippen LogP contribution in [0.5, 0.6) is 5.75 Å². The second-order valence-electron chi connectivity index (χ2n) is 2.95. The van der Waals surface area contributed by atoms with Gasteiger partial charge < -0.3 is 4.74 Å². The maximum atomic E-state index is 11.2. The standard InChI is InChI=1S/C12H12O2/c1-3-5-11(13)8-10-6-4-7-12(9-10)14-2/h1,4,6-7,9H,5,8H2,2H3. The van der Waals surface area contributed by atoms with Crippen LogP contribution >= 0.6 is 0 Å². The average molecular weight is 188 g/mol. The molecule has 1 rings (SSSR count). The van der Waals surface area contributed by atoms with Gasteiger partial charge in [-0.25, -0.2) is 0 Å². The molecular formula is C12H12O2. The van der Waals surface area contributed by atoms with Crippen LogP contribution in [0.25, 0.3) is 0 Å². The summed E-state index contributed by atoms with van der Waals surface area (Å²) < 4.78 is 5.04. The first-order chi connectivity index (χ1) is 6.76. The van der Waals surface area contributed by atoms with Crippen LogP contribution in [-0.4, -0.2) is 12.9 Å². The van der Waals surface area contributed by atoms with Crippen molar-refractivity contribution in [2.45, 2.75) is 12.8 Å². The first-order valence-corrected chi connectivity index (χ1v) is 4.34. The second kappa shape index (κ2) is 5.08. The number of ketones is 1. The zero-order chi connectivity index (χ0) is 10.4. The SMILES string of the molecule is C#CCC(=O)Cc1cccc(OC)c1. The molecule has 0 fully saturated rings. The topological polar surface area (TPSA) is 26.3 Å². The Hall–Kier alpha value is -1.75. The number of hydrogen-bond donors (Lipinski definition) is 0. The molecule has 0 aliphatic carbocycles. The summed E-state index contributed by atoms with van der Waals surface area (Å²) in [5.74, 6) is 3.15. The van der Waals surface area contributed by atoms with Crippen molar-refractivity contribution in [2.75, 3.05) is 7.11 Å². The van der Waals surface area contributed by atoms with Gasteiger partial charge in [-0.2, -0.15) is 0 Å². The van der Waals surface area contributed by atoms with Crippen LogP contribution in [0.1, 0.15) is 12.0 Å². The van der Waals surface area contributed by atoms with Gasteiger partial charge in [0.25, 0.3) is 0 Å². The fourth-order valence-corrected chi connectivity index (χ4v) is 1.19. The highest BCUT2D eigenvalue weighted by Crippen LogP contribution is 2.13. The highest BCUT2D eigenvalue weighted by Gasteiger charge is 2.02. The number of ether oxygens (including phenoxy) is 1. The Morgan fingerprint density at radius 2 is 2.36 bits per heavy atom. The first kappa shape index (κ1) is 10.3. The number of Topliss-reactive ketones (excluding diaryl/α,β-unsaturated/α-hetero) is 1. The molecule has 14 heavy (non-hydrogen) atoms. The van der Waals surface area contributed by atoms with Crippen molar-refractivity contribution in [2.24, 2.45) is 0 Å². The van der Waals surface area contributed by atoms with E-state index in [0.29, 0.717) is 6.42 Å². The minimum Gasteiger partial charge on any atom is -0.497 e. The Kier molecular flexibility index (Phi) is 3.75. The number of carbonyl (C=O) groups is 1. The van der Waals surface area contributed by atoms with E-state index in [0.717, 1.165) is 11.3 Å². The first-order valence-electron chi connectivity index (χ1n) is 4.34. The summed E-state index contributed by atoms with van der Waals surface area (Å²) in [4.78, 5) is 11.2. The molecule has 0 amide bonds. The van der Waals surface area contributed by atoms with Gasteiger partial charge in [-0.05, 0) is 17.7 Å². The normalized spacial score (nSPS) is 9.14. The third kappa shape index (κ3) is 2.95. The molecule has 0 spiro atoms. The molecule has 0 heterocycles. The van der Waals surface area contributed by atoms with E-state index in [2.05, 4.69) is 5.92 Å². The lowest BCUT2D eigenvalue weighted by Gasteiger charge is -2.02. The Labute approximate surface area is 83.9 Å². The van der Waals surface area contributed by atoms with Gasteiger partial charge in [-0.1, -0.05) is 18.1 Å². The molecule has 0 radical (unpaired) electrons. The summed E-state index contributed by atoms with van der Waals surface area (Å²) in [5.41, 5.74) is 0.935. The minimum absolute atomic E-state index is 0.0563. The number of benzene rings is 1. The third-order valence-corrected chi connectivity index (χ3v) is 1.83. The molecule has 2 heteroatoms. The van der Waals surface area contributed by atoms with Crippen LogP contribution in [0.2, 0.25) is 0 Å². The van der Waals surface area contributed by atoms with E-state index < -0.39 is 0 Å². The molecule has 0 atom stereocenters. The predicted octanol–water partition coefficient (Wildman–Crippen LogP) is 1.83. The summed E-state index contributed by atoms with van der Waals surface area (Å²) in [6.07, 6.45) is 5.61. The number of rotatable bonds is 4. The molecule has 0 aliphatic heterocycles. The Morgan fingerprint density at radius 3 is 3.00 bits per heavy atom. The van der Waals surface area contributed by atoms with Crippen LogP contribution in [0, 0.1) is 12.3 Å². The van der Waals surface area contributed by atoms with Crippen molar-refractivity contribution in [1.29, 1.82) is 0 Å². The molecule has 0 aliphatic rings. The number of carbonyl (C=O) groups excluding carboxylic acids is 1. The van der Waals surface area contributed by atoms with Gasteiger partial charge in [0.05, 0.1) is 13.5 Å². The molecular weight excluding hydrogens is 176 g/mol. The number of hydrogen-bond acceptors (Lipinski definition) is 2. The van der Waals surface area contributed by atoms with Crippen molar-refractivity contribution in [1.82, 2.24) is 0 Å². The predicted molar refractivity (Wildman–Crippen MR) is 55.2 cm³/mol. The van der Waals surface area contributed by atoms with Gasteiger partial charge in [-0.3, -0.25) is 4.79 Å². The highest BCUT2D eigenvalue weighted by atomic mass is 16.5. The summed E-state index contributed by atoms with van der Waals surface area (Å²) in [6.45, 7) is 0. The molecule has 1 aromatic rings. The van der Waals surface area contributed by atoms with Crippen LogP contribution < -0.4 is 4.74 Å². The van der Waals surface area contributed by atoms with Crippen molar-refractivity contribution in [3.05, 3.63) is 29.8 Å². The second-order valence-corrected chi connectivity index (χ2v) is 2.95. The fraction of sp³-hybridized carbons (Fsp3) is 0.250. The van der Waals surface area contributed by atoms with Gasteiger partial charge in [0.1, 0.15) is 11.5 Å². The number of terminal acetylenes is 1. The van der Waals surface area contributed by atoms with Gasteiger partial charge in [0.15, 0.2) is 0 Å². The molecule has 1 aromatic carbocycles. The van der Waals surface area contributed by atoms with Crippen LogP contribution in [0.4, 0.5) is 0 Å². The highest BCUT2D eigenvalue weighted by molar-refractivity contribution is 5.83. The average Bonchev–Trinajstić information content (AvgIpc) is 2.18. The van der Waals surface area contributed by atoms with Crippen LogP contribution in [0.3, 0.4) is 0 Å². The van der Waals surface area contributed by atoms with Gasteiger partial charge >= 0.3 is 0 Å². The lowest BCUT2D eigenvalue weighted by molar-refractivity contribution is -0.117. The summed E-state index contributed by atoms with van der Waals surface area (Å²) in [5, 5.41) is 0. The summed E-state index contributed by atoms with van der Waals surface area (Å²) in [6, 6.07) is 7.43. The minimum atomic E-state index is 0.0563. The van der Waals surface area contributed by atoms with E-state index in [1.165, 1.54) is 0 Å². The molecule has 0 saturated carbocycles. The van der Waals surface area contributed by atoms with E-state index in [9.17, 15) is 4.79 Å². The van der Waals surface area contributed by atoms with E-state index in [1.54, 1.807) is 7.11 Å². The lowest BCUT2D eigenvalue weighted by Crippen LogP contribution is -2.01. The lowest BCUT2D eigenvalue weighted by atomic mass is 10.1. The Morgan fingerprint density at radius 1 is 1.57 bits per heavy atom. The molecule has 0 bridgehead atoms. The van der Waals surface area contributed by atoms with Gasteiger partial charge in [0, 0.05) is 6.42 Å². The van der Waals surface area contributed by atoms with Crippen LogP contribution in [0.15, 0.2) is 24.3 Å². The van der Waals surface area contributed by atoms with Crippen molar-refractivity contribution in [3.63, 3.8) is 0 Å². The van der Waals surface area contributed by atoms with Crippen LogP contribution in [-0.2, 0) is 11.2 Å². The summed E-state index contributed by atoms with van der Waals surface area (Å²) >= 11 is 0. The largest absolute Gasteiger partial charge is 0.497 e. The van der Waals surface area contributed by atoms with E-state index in [-0.39, 0.29) is 12.2 Å². The monoisotopic (exact) mass is 188 g/mol. The van der Waals surface area contributed by atoms with E-state index in [4.69, 9.17) is 11.2 Å². The molecule has 0 unspecified atom stereocenters. The Bertz CT molecular complexity index is 361. The zero-order valence-corrected chi connectivity index (χ0v) is 8.12. The van der Waals surface area contributed by atoms with Crippen molar-refractivity contribution < 1.29 is 9.53 Å². The smallest absolute Gasteiger partial charge is 0.149 e. The maximum Gasteiger partial charge on any atom is 0.149 e. The van der Waals surface area contributed by atoms with E-state index in [1.807, 2.05) is 24.3 Å². The molecule has 0 saturated heterocycles. The number of methoxy groups -OCH3 is 1. The molecule has 0 aromatic heterocycles. The summed E-state index contributed by atoms with van der Waals surface area (Å²) in [7, 11) is 1.60. The quantitative estimate of drug-likeness (QED) is 0.674. The third-order valence-electron chi connectivity index (χ3n) is 1.83. The maximum absolute atomic E-state index is 11.2. The van der Waals surface area contributed by atoms with E-state index >= 15 is 0 Å². The fourth-order valence-electron chi connectivity index (χ4n) is 1.19. The van der Waals surface area contributed by atoms with Gasteiger partial charge in [0.2, 0.25) is 0 Å². The zero-order valence-electron chi connectivity index (χ0n) is 8.12. The van der Waals surface area contributed by atoms with Gasteiger partial charge in [-0.15, -0.1) is 6.42 Å².